The lowest BCUT2D eigenvalue weighted by Crippen LogP contribution is -2.41. The van der Waals surface area contributed by atoms with Crippen LogP contribution in [-0.2, 0) is 4.79 Å². The molecule has 0 aliphatic carbocycles. The average Bonchev–Trinajstić information content (AvgIpc) is 2.79. The van der Waals surface area contributed by atoms with Gasteiger partial charge in [0.15, 0.2) is 0 Å². The Hall–Kier alpha value is -1.59. The monoisotopic (exact) mass is 310 g/mol. The van der Waals surface area contributed by atoms with Crippen molar-refractivity contribution in [2.75, 3.05) is 19.7 Å². The number of alkyl halides is 1. The molecule has 2 N–H and O–H groups in total. The Morgan fingerprint density at radius 3 is 3.10 bits per heavy atom. The summed E-state index contributed by atoms with van der Waals surface area (Å²) < 4.78 is 19.2. The Labute approximate surface area is 127 Å². The Balaban J connectivity index is 1.78. The lowest BCUT2D eigenvalue weighted by atomic mass is 10.1. The Bertz CT molecular complexity index is 605. The van der Waals surface area contributed by atoms with Crippen LogP contribution in [-0.4, -0.2) is 42.7 Å². The van der Waals surface area contributed by atoms with Gasteiger partial charge >= 0.3 is 0 Å². The van der Waals surface area contributed by atoms with Crippen molar-refractivity contribution in [2.45, 2.75) is 18.6 Å². The maximum absolute atomic E-state index is 13.5. The van der Waals surface area contributed by atoms with Gasteiger partial charge in [0, 0.05) is 30.1 Å². The standard InChI is InChI=1S/C15H16ClFN2O2/c16-11-1-2-14-10(4-11)3-9(8-21-14)6-19-7-12(17)5-13(19)15(18)20/h1-4,12-13H,5-8H2,(H2,18,20)/t12-,13+/m1/s1. The van der Waals surface area contributed by atoms with Crippen LogP contribution in [0.5, 0.6) is 5.75 Å². The zero-order valence-corrected chi connectivity index (χ0v) is 12.1. The number of amides is 1. The van der Waals surface area contributed by atoms with Crippen LogP contribution in [0.25, 0.3) is 6.08 Å². The van der Waals surface area contributed by atoms with Crippen LogP contribution < -0.4 is 10.5 Å². The van der Waals surface area contributed by atoms with Gasteiger partial charge in [0.1, 0.15) is 18.5 Å². The van der Waals surface area contributed by atoms with Gasteiger partial charge in [-0.3, -0.25) is 9.69 Å². The number of nitrogens with zero attached hydrogens (tertiary/aromatic N) is 1. The first-order valence-corrected chi connectivity index (χ1v) is 7.20. The molecule has 21 heavy (non-hydrogen) atoms. The van der Waals surface area contributed by atoms with Gasteiger partial charge in [-0.05, 0) is 29.8 Å². The Kier molecular flexibility index (Phi) is 3.87. The number of nitrogens with two attached hydrogens (primary N) is 1. The number of likely N-dealkylation sites (tertiary alicyclic amines) is 1. The van der Waals surface area contributed by atoms with Gasteiger partial charge in [-0.15, -0.1) is 0 Å². The highest BCUT2D eigenvalue weighted by Gasteiger charge is 2.36. The molecule has 1 saturated heterocycles. The summed E-state index contributed by atoms with van der Waals surface area (Å²) >= 11 is 5.97. The maximum Gasteiger partial charge on any atom is 0.234 e. The molecule has 3 rings (SSSR count). The fraction of sp³-hybridized carbons (Fsp3) is 0.400. The number of hydrogen-bond acceptors (Lipinski definition) is 3. The molecule has 6 heteroatoms. The summed E-state index contributed by atoms with van der Waals surface area (Å²) in [5.41, 5.74) is 7.21. The highest BCUT2D eigenvalue weighted by molar-refractivity contribution is 6.30. The van der Waals surface area contributed by atoms with Crippen LogP contribution >= 0.6 is 11.6 Å². The zero-order chi connectivity index (χ0) is 15.0. The van der Waals surface area contributed by atoms with Gasteiger partial charge in [0.05, 0.1) is 6.04 Å². The largest absolute Gasteiger partial charge is 0.489 e. The molecule has 0 saturated carbocycles. The van der Waals surface area contributed by atoms with Crippen molar-refractivity contribution >= 4 is 23.6 Å². The lowest BCUT2D eigenvalue weighted by Gasteiger charge is -2.25. The number of halogens is 2. The van der Waals surface area contributed by atoms with Crippen molar-refractivity contribution in [3.05, 3.63) is 34.4 Å². The van der Waals surface area contributed by atoms with Crippen molar-refractivity contribution in [1.82, 2.24) is 4.90 Å². The fourth-order valence-corrected chi connectivity index (χ4v) is 3.05. The fourth-order valence-electron chi connectivity index (χ4n) is 2.87. The van der Waals surface area contributed by atoms with E-state index in [1.54, 1.807) is 11.0 Å². The summed E-state index contributed by atoms with van der Waals surface area (Å²) in [6.07, 6.45) is 1.15. The lowest BCUT2D eigenvalue weighted by molar-refractivity contribution is -0.122. The zero-order valence-electron chi connectivity index (χ0n) is 11.4. The number of primary amides is 1. The predicted octanol–water partition coefficient (Wildman–Crippen LogP) is 2.01. The molecular formula is C15H16ClFN2O2. The van der Waals surface area contributed by atoms with Gasteiger partial charge < -0.3 is 10.5 Å². The third kappa shape index (κ3) is 3.04. The van der Waals surface area contributed by atoms with Crippen molar-refractivity contribution < 1.29 is 13.9 Å². The molecule has 1 amide bonds. The normalized spacial score (nSPS) is 25.1. The van der Waals surface area contributed by atoms with Crippen LogP contribution in [0.2, 0.25) is 5.02 Å². The van der Waals surface area contributed by atoms with Crippen LogP contribution in [0.15, 0.2) is 23.8 Å². The molecule has 0 aromatic heterocycles. The molecule has 2 heterocycles. The molecule has 0 unspecified atom stereocenters. The molecule has 4 nitrogen and oxygen atoms in total. The van der Waals surface area contributed by atoms with Gasteiger partial charge in [0.2, 0.25) is 5.91 Å². The molecule has 2 aliphatic rings. The van der Waals surface area contributed by atoms with E-state index in [2.05, 4.69) is 0 Å². The van der Waals surface area contributed by atoms with Crippen LogP contribution in [0.1, 0.15) is 12.0 Å². The molecule has 1 aromatic rings. The van der Waals surface area contributed by atoms with Crippen molar-refractivity contribution in [2.24, 2.45) is 5.73 Å². The third-order valence-corrected chi connectivity index (χ3v) is 4.07. The van der Waals surface area contributed by atoms with Gasteiger partial charge in [-0.1, -0.05) is 11.6 Å². The minimum Gasteiger partial charge on any atom is -0.489 e. The van der Waals surface area contributed by atoms with Crippen LogP contribution in [0.3, 0.4) is 0 Å². The van der Waals surface area contributed by atoms with E-state index in [0.717, 1.165) is 16.9 Å². The summed E-state index contributed by atoms with van der Waals surface area (Å²) in [5, 5.41) is 0.634. The first kappa shape index (κ1) is 14.4. The second-order valence-corrected chi connectivity index (χ2v) is 5.89. The molecule has 0 radical (unpaired) electrons. The van der Waals surface area contributed by atoms with E-state index in [9.17, 15) is 9.18 Å². The van der Waals surface area contributed by atoms with E-state index < -0.39 is 18.1 Å². The van der Waals surface area contributed by atoms with E-state index >= 15 is 0 Å². The van der Waals surface area contributed by atoms with E-state index in [-0.39, 0.29) is 13.0 Å². The average molecular weight is 311 g/mol. The SMILES string of the molecule is NC(=O)[C@@H]1C[C@@H](F)CN1CC1=Cc2cc(Cl)ccc2OC1. The maximum atomic E-state index is 13.5. The first-order chi connectivity index (χ1) is 10.0. The van der Waals surface area contributed by atoms with Crippen molar-refractivity contribution in [3.8, 4) is 5.75 Å². The summed E-state index contributed by atoms with van der Waals surface area (Å²) in [7, 11) is 0. The van der Waals surface area contributed by atoms with E-state index in [1.165, 1.54) is 0 Å². The minimum absolute atomic E-state index is 0.173. The quantitative estimate of drug-likeness (QED) is 0.929. The highest BCUT2D eigenvalue weighted by atomic mass is 35.5. The van der Waals surface area contributed by atoms with E-state index in [1.807, 2.05) is 18.2 Å². The molecule has 112 valence electrons. The van der Waals surface area contributed by atoms with Gasteiger partial charge in [-0.2, -0.15) is 0 Å². The molecule has 1 aromatic carbocycles. The number of ether oxygens (including phenoxy) is 1. The van der Waals surface area contributed by atoms with Gasteiger partial charge in [-0.25, -0.2) is 4.39 Å². The number of fused-ring (bicyclic) bond motifs is 1. The summed E-state index contributed by atoms with van der Waals surface area (Å²) in [5.74, 6) is 0.301. The second-order valence-electron chi connectivity index (χ2n) is 5.45. The minimum atomic E-state index is -1.01. The van der Waals surface area contributed by atoms with Crippen LogP contribution in [0, 0.1) is 0 Å². The Morgan fingerprint density at radius 1 is 1.52 bits per heavy atom. The first-order valence-electron chi connectivity index (χ1n) is 6.82. The van der Waals surface area contributed by atoms with Crippen molar-refractivity contribution in [1.29, 1.82) is 0 Å². The number of rotatable bonds is 3. The summed E-state index contributed by atoms with van der Waals surface area (Å²) in [4.78, 5) is 13.2. The summed E-state index contributed by atoms with van der Waals surface area (Å²) in [6, 6.07) is 4.88. The topological polar surface area (TPSA) is 55.6 Å². The molecule has 2 atom stereocenters. The van der Waals surface area contributed by atoms with E-state index in [0.29, 0.717) is 18.2 Å². The number of carbonyl (C=O) groups excluding carboxylic acids is 1. The van der Waals surface area contributed by atoms with Crippen molar-refractivity contribution in [3.63, 3.8) is 0 Å². The third-order valence-electron chi connectivity index (χ3n) is 3.83. The van der Waals surface area contributed by atoms with Gasteiger partial charge in [0.25, 0.3) is 0 Å². The predicted molar refractivity (Wildman–Crippen MR) is 79.0 cm³/mol. The second kappa shape index (κ2) is 5.66. The molecule has 0 bridgehead atoms. The summed E-state index contributed by atoms with van der Waals surface area (Å²) in [6.45, 7) is 1.13. The molecular weight excluding hydrogens is 295 g/mol. The number of carbonyl (C=O) groups is 1. The molecule has 2 aliphatic heterocycles. The number of hydrogen-bond donors (Lipinski definition) is 1. The number of benzene rings is 1. The molecule has 0 spiro atoms. The highest BCUT2D eigenvalue weighted by Crippen LogP contribution is 2.30. The Morgan fingerprint density at radius 2 is 2.33 bits per heavy atom. The van der Waals surface area contributed by atoms with Crippen LogP contribution in [0.4, 0.5) is 4.39 Å². The van der Waals surface area contributed by atoms with E-state index in [4.69, 9.17) is 22.1 Å². The smallest absolute Gasteiger partial charge is 0.234 e. The molecule has 1 fully saturated rings.